The summed E-state index contributed by atoms with van der Waals surface area (Å²) in [4.78, 5) is 29.6. The van der Waals surface area contributed by atoms with Crippen LogP contribution in [0.3, 0.4) is 0 Å². The van der Waals surface area contributed by atoms with Crippen LogP contribution in [0, 0.1) is 0 Å². The SMILES string of the molecule is c1cc(-c2ccncc2)nc(-c2ccc(/C3=N/c4cc5ccccc5cc4/C(c4ccc(-c5cccc(-c6ccncc6)n5)cc4)=N\c4cc5ccccc5cc43)cc2)c1. The predicted octanol–water partition coefficient (Wildman–Crippen LogP) is 12.9. The van der Waals surface area contributed by atoms with Crippen molar-refractivity contribution in [3.8, 4) is 45.0 Å². The molecule has 0 N–H and O–H groups in total. The molecular formula is C54H34N6. The Morgan fingerprint density at radius 3 is 0.950 bits per heavy atom. The van der Waals surface area contributed by atoms with E-state index in [-0.39, 0.29) is 0 Å². The molecule has 1 aliphatic rings. The Morgan fingerprint density at radius 2 is 0.583 bits per heavy atom. The molecule has 1 aliphatic heterocycles. The normalized spacial score (nSPS) is 13.9. The first-order valence-corrected chi connectivity index (χ1v) is 19.9. The summed E-state index contributed by atoms with van der Waals surface area (Å²) in [7, 11) is 0. The molecule has 0 saturated heterocycles. The average molecular weight is 767 g/mol. The van der Waals surface area contributed by atoms with E-state index in [1.165, 1.54) is 0 Å². The van der Waals surface area contributed by atoms with Crippen LogP contribution in [0.5, 0.6) is 0 Å². The summed E-state index contributed by atoms with van der Waals surface area (Å²) < 4.78 is 0. The van der Waals surface area contributed by atoms with Crippen LogP contribution in [0.4, 0.5) is 11.4 Å². The standard InChI is InChI=1S/C54H34N6/c1-3-9-43-33-51-45(31-41(43)7-1)53(39-19-15-35(16-20-39)47-11-5-13-49(57-47)37-23-27-55-28-24-37)60-52-34-44-10-4-2-8-42(44)32-46(52)54(59-51)40-21-17-36(18-22-40)48-12-6-14-50(58-48)38-25-29-56-30-26-38/h1-34H/b53-45?,54-46?,59-51?,59-54-,60-52?,60-53-. The predicted molar refractivity (Wildman–Crippen MR) is 244 cm³/mol. The highest BCUT2D eigenvalue weighted by Gasteiger charge is 2.22. The molecule has 0 atom stereocenters. The van der Waals surface area contributed by atoms with Gasteiger partial charge in [-0.1, -0.05) is 109 Å². The molecule has 4 aromatic heterocycles. The highest BCUT2D eigenvalue weighted by Crippen LogP contribution is 2.38. The van der Waals surface area contributed by atoms with Crippen molar-refractivity contribution in [3.63, 3.8) is 0 Å². The van der Waals surface area contributed by atoms with Gasteiger partial charge in [-0.3, -0.25) is 9.97 Å². The van der Waals surface area contributed by atoms with Gasteiger partial charge in [-0.05, 0) is 94.3 Å². The van der Waals surface area contributed by atoms with Gasteiger partial charge in [-0.25, -0.2) is 20.0 Å². The summed E-state index contributed by atoms with van der Waals surface area (Å²) in [6.45, 7) is 0. The van der Waals surface area contributed by atoms with Gasteiger partial charge in [0, 0.05) is 69.3 Å². The number of benzene rings is 6. The van der Waals surface area contributed by atoms with Crippen LogP contribution in [0.1, 0.15) is 22.3 Å². The van der Waals surface area contributed by atoms with Crippen LogP contribution >= 0.6 is 0 Å². The zero-order chi connectivity index (χ0) is 39.8. The second-order valence-electron chi connectivity index (χ2n) is 14.8. The second-order valence-corrected chi connectivity index (χ2v) is 14.8. The number of aliphatic imine (C=N–C) groups is 2. The van der Waals surface area contributed by atoms with Gasteiger partial charge in [-0.15, -0.1) is 0 Å². The van der Waals surface area contributed by atoms with Crippen molar-refractivity contribution in [2.24, 2.45) is 9.98 Å². The lowest BCUT2D eigenvalue weighted by Crippen LogP contribution is -2.10. The molecule has 6 nitrogen and oxygen atoms in total. The summed E-state index contributed by atoms with van der Waals surface area (Å²) >= 11 is 0. The lowest BCUT2D eigenvalue weighted by molar-refractivity contribution is 1.29. The van der Waals surface area contributed by atoms with Crippen molar-refractivity contribution >= 4 is 44.3 Å². The molecule has 11 rings (SSSR count). The molecule has 10 aromatic rings. The fraction of sp³-hybridized carbons (Fsp3) is 0. The Bertz CT molecular complexity index is 3060. The van der Waals surface area contributed by atoms with Crippen LogP contribution in [-0.2, 0) is 0 Å². The first-order valence-electron chi connectivity index (χ1n) is 19.9. The lowest BCUT2D eigenvalue weighted by Gasteiger charge is -2.20. The molecule has 0 spiro atoms. The number of nitrogens with zero attached hydrogens (tertiary/aromatic N) is 6. The average Bonchev–Trinajstić information content (AvgIpc) is 3.32. The van der Waals surface area contributed by atoms with E-state index < -0.39 is 0 Å². The van der Waals surface area contributed by atoms with Crippen molar-refractivity contribution < 1.29 is 0 Å². The van der Waals surface area contributed by atoms with Gasteiger partial charge < -0.3 is 0 Å². The first kappa shape index (κ1) is 35.0. The van der Waals surface area contributed by atoms with Crippen molar-refractivity contribution in [2.75, 3.05) is 0 Å². The van der Waals surface area contributed by atoms with E-state index in [2.05, 4.69) is 156 Å². The maximum absolute atomic E-state index is 5.60. The van der Waals surface area contributed by atoms with E-state index in [4.69, 9.17) is 20.0 Å². The van der Waals surface area contributed by atoms with Crippen molar-refractivity contribution in [1.29, 1.82) is 0 Å². The van der Waals surface area contributed by atoms with Crippen LogP contribution in [-0.4, -0.2) is 31.4 Å². The van der Waals surface area contributed by atoms with E-state index >= 15 is 0 Å². The quantitative estimate of drug-likeness (QED) is 0.169. The zero-order valence-corrected chi connectivity index (χ0v) is 32.3. The smallest absolute Gasteiger partial charge is 0.0803 e. The zero-order valence-electron chi connectivity index (χ0n) is 32.3. The molecular weight excluding hydrogens is 733 g/mol. The first-order chi connectivity index (χ1) is 29.7. The lowest BCUT2D eigenvalue weighted by atomic mass is 9.92. The van der Waals surface area contributed by atoms with Gasteiger partial charge in [-0.2, -0.15) is 0 Å². The van der Waals surface area contributed by atoms with Crippen LogP contribution in [0.2, 0.25) is 0 Å². The highest BCUT2D eigenvalue weighted by atomic mass is 14.8. The summed E-state index contributed by atoms with van der Waals surface area (Å²) in [5, 5.41) is 4.48. The second kappa shape index (κ2) is 14.9. The monoisotopic (exact) mass is 766 g/mol. The van der Waals surface area contributed by atoms with Crippen molar-refractivity contribution in [1.82, 2.24) is 19.9 Å². The molecule has 6 aromatic carbocycles. The third-order valence-corrected chi connectivity index (χ3v) is 11.1. The molecule has 0 bridgehead atoms. The van der Waals surface area contributed by atoms with Gasteiger partial charge in [0.15, 0.2) is 0 Å². The number of aromatic nitrogens is 4. The number of hydrogen-bond acceptors (Lipinski definition) is 6. The fourth-order valence-corrected chi connectivity index (χ4v) is 7.98. The molecule has 0 aliphatic carbocycles. The maximum atomic E-state index is 5.60. The molecule has 60 heavy (non-hydrogen) atoms. The fourth-order valence-electron chi connectivity index (χ4n) is 7.98. The third-order valence-electron chi connectivity index (χ3n) is 11.1. The Labute approximate surface area is 347 Å². The molecule has 0 unspecified atom stereocenters. The summed E-state index contributed by atoms with van der Waals surface area (Å²) in [5.74, 6) is 0. The Balaban J connectivity index is 1.05. The topological polar surface area (TPSA) is 76.3 Å². The van der Waals surface area contributed by atoms with E-state index in [1.807, 2.05) is 36.4 Å². The number of rotatable bonds is 6. The van der Waals surface area contributed by atoms with Gasteiger partial charge >= 0.3 is 0 Å². The number of fused-ring (bicyclic) bond motifs is 4. The van der Waals surface area contributed by atoms with Crippen molar-refractivity contribution in [3.05, 3.63) is 229 Å². The van der Waals surface area contributed by atoms with E-state index in [1.54, 1.807) is 24.8 Å². The van der Waals surface area contributed by atoms with Gasteiger partial charge in [0.2, 0.25) is 0 Å². The molecule has 0 amide bonds. The molecule has 5 heterocycles. The summed E-state index contributed by atoms with van der Waals surface area (Å²) in [5.41, 5.74) is 15.0. The van der Waals surface area contributed by atoms with Crippen LogP contribution in [0.25, 0.3) is 66.6 Å². The number of pyridine rings is 4. The van der Waals surface area contributed by atoms with E-state index in [0.717, 1.165) is 112 Å². The minimum absolute atomic E-state index is 0.854. The minimum Gasteiger partial charge on any atom is -0.265 e. The third kappa shape index (κ3) is 6.62. The molecule has 6 heteroatoms. The Kier molecular flexibility index (Phi) is 8.71. The molecule has 280 valence electrons. The van der Waals surface area contributed by atoms with Crippen molar-refractivity contribution in [2.45, 2.75) is 0 Å². The number of hydrogen-bond donors (Lipinski definition) is 0. The van der Waals surface area contributed by atoms with E-state index in [0.29, 0.717) is 0 Å². The Morgan fingerprint density at radius 1 is 0.267 bits per heavy atom. The van der Waals surface area contributed by atoms with Crippen LogP contribution in [0.15, 0.2) is 217 Å². The minimum atomic E-state index is 0.854. The Hall–Kier alpha value is -8.22. The molecule has 0 fully saturated rings. The largest absolute Gasteiger partial charge is 0.265 e. The van der Waals surface area contributed by atoms with Crippen LogP contribution < -0.4 is 0 Å². The maximum Gasteiger partial charge on any atom is 0.0803 e. The summed E-state index contributed by atoms with van der Waals surface area (Å²) in [6.07, 6.45) is 7.18. The highest BCUT2D eigenvalue weighted by molar-refractivity contribution is 6.24. The van der Waals surface area contributed by atoms with E-state index in [9.17, 15) is 0 Å². The van der Waals surface area contributed by atoms with Gasteiger partial charge in [0.05, 0.1) is 45.6 Å². The summed E-state index contributed by atoms with van der Waals surface area (Å²) in [6, 6.07) is 63.1. The van der Waals surface area contributed by atoms with Gasteiger partial charge in [0.25, 0.3) is 0 Å². The molecule has 0 saturated carbocycles. The molecule has 0 radical (unpaired) electrons. The van der Waals surface area contributed by atoms with Gasteiger partial charge in [0.1, 0.15) is 0 Å².